The summed E-state index contributed by atoms with van der Waals surface area (Å²) in [6.07, 6.45) is 4.65. The molecule has 0 radical (unpaired) electrons. The average Bonchev–Trinajstić information content (AvgIpc) is 2.47. The minimum atomic E-state index is -2.90. The zero-order chi connectivity index (χ0) is 13.8. The lowest BCUT2D eigenvalue weighted by Crippen LogP contribution is -2.52. The van der Waals surface area contributed by atoms with Crippen LogP contribution in [-0.2, 0) is 5.92 Å². The van der Waals surface area contributed by atoms with Gasteiger partial charge in [-0.05, 0) is 12.8 Å². The lowest BCUT2D eigenvalue weighted by Gasteiger charge is -2.37. The Kier molecular flexibility index (Phi) is 4.53. The van der Waals surface area contributed by atoms with E-state index < -0.39 is 18.0 Å². The number of aliphatic hydroxyl groups excluding tert-OH is 1. The predicted octanol–water partition coefficient (Wildman–Crippen LogP) is 3.06. The van der Waals surface area contributed by atoms with Crippen molar-refractivity contribution in [1.29, 1.82) is 0 Å². The van der Waals surface area contributed by atoms with Crippen molar-refractivity contribution < 1.29 is 13.9 Å². The van der Waals surface area contributed by atoms with E-state index in [2.05, 4.69) is 5.32 Å². The van der Waals surface area contributed by atoms with Crippen LogP contribution >= 0.6 is 0 Å². The van der Waals surface area contributed by atoms with Crippen LogP contribution in [-0.4, -0.2) is 23.8 Å². The lowest BCUT2D eigenvalue weighted by atomic mass is 9.82. The maximum absolute atomic E-state index is 14.1. The van der Waals surface area contributed by atoms with Crippen LogP contribution in [0.4, 0.5) is 8.78 Å². The first-order chi connectivity index (χ1) is 9.08. The first kappa shape index (κ1) is 14.4. The van der Waals surface area contributed by atoms with Crippen molar-refractivity contribution >= 4 is 0 Å². The molecule has 0 amide bonds. The van der Waals surface area contributed by atoms with Gasteiger partial charge in [0.2, 0.25) is 0 Å². The fourth-order valence-corrected chi connectivity index (χ4v) is 2.70. The molecule has 19 heavy (non-hydrogen) atoms. The molecule has 0 aromatic heterocycles. The van der Waals surface area contributed by atoms with Gasteiger partial charge in [-0.15, -0.1) is 0 Å². The molecule has 1 aromatic rings. The standard InChI is InChI=1S/C15H21F2NO/c16-15(17,13-7-3-1-4-8-13)11-18-14(12-19)9-5-2-6-10-14/h1,3-4,7-8,18-19H,2,5-6,9-12H2. The Morgan fingerprint density at radius 3 is 2.32 bits per heavy atom. The Balaban J connectivity index is 2.00. The third kappa shape index (κ3) is 3.51. The average molecular weight is 269 g/mol. The highest BCUT2D eigenvalue weighted by Crippen LogP contribution is 2.31. The van der Waals surface area contributed by atoms with Crippen LogP contribution in [0.25, 0.3) is 0 Å². The van der Waals surface area contributed by atoms with Gasteiger partial charge in [0.05, 0.1) is 13.2 Å². The van der Waals surface area contributed by atoms with Gasteiger partial charge in [-0.25, -0.2) is 0 Å². The van der Waals surface area contributed by atoms with Gasteiger partial charge in [0.1, 0.15) is 0 Å². The molecule has 0 unspecified atom stereocenters. The fourth-order valence-electron chi connectivity index (χ4n) is 2.70. The van der Waals surface area contributed by atoms with Crippen LogP contribution in [0, 0.1) is 0 Å². The molecule has 1 saturated carbocycles. The van der Waals surface area contributed by atoms with E-state index in [-0.39, 0.29) is 12.2 Å². The maximum Gasteiger partial charge on any atom is 0.285 e. The molecule has 0 bridgehead atoms. The second-order valence-corrected chi connectivity index (χ2v) is 5.42. The zero-order valence-corrected chi connectivity index (χ0v) is 11.0. The summed E-state index contributed by atoms with van der Waals surface area (Å²) in [6, 6.07) is 7.84. The topological polar surface area (TPSA) is 32.3 Å². The molecular weight excluding hydrogens is 248 g/mol. The van der Waals surface area contributed by atoms with E-state index in [1.54, 1.807) is 18.2 Å². The summed E-state index contributed by atoms with van der Waals surface area (Å²) in [5.74, 6) is -2.90. The van der Waals surface area contributed by atoms with Gasteiger partial charge < -0.3 is 10.4 Å². The van der Waals surface area contributed by atoms with Gasteiger partial charge in [0.25, 0.3) is 5.92 Å². The summed E-state index contributed by atoms with van der Waals surface area (Å²) < 4.78 is 28.1. The largest absolute Gasteiger partial charge is 0.394 e. The quantitative estimate of drug-likeness (QED) is 0.861. The summed E-state index contributed by atoms with van der Waals surface area (Å²) in [5.41, 5.74) is -0.498. The number of hydrogen-bond donors (Lipinski definition) is 2. The van der Waals surface area contributed by atoms with Crippen LogP contribution in [0.3, 0.4) is 0 Å². The predicted molar refractivity (Wildman–Crippen MR) is 71.2 cm³/mol. The summed E-state index contributed by atoms with van der Waals surface area (Å²) in [7, 11) is 0. The van der Waals surface area contributed by atoms with Crippen molar-refractivity contribution in [1.82, 2.24) is 5.32 Å². The van der Waals surface area contributed by atoms with E-state index in [0.717, 1.165) is 32.1 Å². The molecular formula is C15H21F2NO. The molecule has 0 aliphatic heterocycles. The van der Waals surface area contributed by atoms with Crippen molar-refractivity contribution in [2.24, 2.45) is 0 Å². The van der Waals surface area contributed by atoms with E-state index in [9.17, 15) is 13.9 Å². The number of halogens is 2. The molecule has 1 aliphatic rings. The minimum absolute atomic E-state index is 0.0198. The molecule has 4 heteroatoms. The molecule has 0 heterocycles. The Hall–Kier alpha value is -1.00. The molecule has 0 atom stereocenters. The van der Waals surface area contributed by atoms with Crippen LogP contribution in [0.1, 0.15) is 37.7 Å². The zero-order valence-electron chi connectivity index (χ0n) is 11.0. The maximum atomic E-state index is 14.1. The van der Waals surface area contributed by atoms with E-state index in [1.165, 1.54) is 12.1 Å². The Bertz CT molecular complexity index is 388. The van der Waals surface area contributed by atoms with Crippen LogP contribution in [0.2, 0.25) is 0 Å². The normalized spacial score (nSPS) is 19.3. The summed E-state index contributed by atoms with van der Waals surface area (Å²) in [6.45, 7) is -0.491. The third-order valence-corrected chi connectivity index (χ3v) is 3.99. The molecule has 2 rings (SSSR count). The number of nitrogens with one attached hydrogen (secondary N) is 1. The van der Waals surface area contributed by atoms with Gasteiger partial charge in [-0.1, -0.05) is 49.6 Å². The summed E-state index contributed by atoms with van der Waals surface area (Å²) in [5, 5.41) is 12.4. The monoisotopic (exact) mass is 269 g/mol. The van der Waals surface area contributed by atoms with E-state index >= 15 is 0 Å². The Morgan fingerprint density at radius 2 is 1.74 bits per heavy atom. The molecule has 1 fully saturated rings. The van der Waals surface area contributed by atoms with Crippen molar-refractivity contribution in [3.05, 3.63) is 35.9 Å². The first-order valence-corrected chi connectivity index (χ1v) is 6.87. The van der Waals surface area contributed by atoms with Crippen molar-refractivity contribution in [2.45, 2.75) is 43.6 Å². The second-order valence-electron chi connectivity index (χ2n) is 5.42. The van der Waals surface area contributed by atoms with Crippen LogP contribution < -0.4 is 5.32 Å². The molecule has 106 valence electrons. The number of hydrogen-bond acceptors (Lipinski definition) is 2. The van der Waals surface area contributed by atoms with Gasteiger partial charge in [0.15, 0.2) is 0 Å². The van der Waals surface area contributed by atoms with Crippen LogP contribution in [0.5, 0.6) is 0 Å². The van der Waals surface area contributed by atoms with Gasteiger partial charge in [-0.3, -0.25) is 0 Å². The van der Waals surface area contributed by atoms with E-state index in [4.69, 9.17) is 0 Å². The first-order valence-electron chi connectivity index (χ1n) is 6.87. The number of benzene rings is 1. The van der Waals surface area contributed by atoms with Crippen molar-refractivity contribution in [2.75, 3.05) is 13.2 Å². The number of alkyl halides is 2. The molecule has 2 nitrogen and oxygen atoms in total. The molecule has 0 saturated heterocycles. The van der Waals surface area contributed by atoms with E-state index in [1.807, 2.05) is 0 Å². The highest BCUT2D eigenvalue weighted by atomic mass is 19.3. The number of aliphatic hydroxyl groups is 1. The minimum Gasteiger partial charge on any atom is -0.394 e. The van der Waals surface area contributed by atoms with E-state index in [0.29, 0.717) is 0 Å². The molecule has 1 aliphatic carbocycles. The van der Waals surface area contributed by atoms with Crippen molar-refractivity contribution in [3.8, 4) is 0 Å². The fraction of sp³-hybridized carbons (Fsp3) is 0.600. The van der Waals surface area contributed by atoms with Crippen LogP contribution in [0.15, 0.2) is 30.3 Å². The van der Waals surface area contributed by atoms with Gasteiger partial charge in [0, 0.05) is 11.1 Å². The molecule has 0 spiro atoms. The highest BCUT2D eigenvalue weighted by Gasteiger charge is 2.37. The SMILES string of the molecule is OCC1(NCC(F)(F)c2ccccc2)CCCCC1. The third-order valence-electron chi connectivity index (χ3n) is 3.99. The molecule has 1 aromatic carbocycles. The van der Waals surface area contributed by atoms with Crippen molar-refractivity contribution in [3.63, 3.8) is 0 Å². The summed E-state index contributed by atoms with van der Waals surface area (Å²) >= 11 is 0. The number of rotatable bonds is 5. The highest BCUT2D eigenvalue weighted by molar-refractivity contribution is 5.20. The molecule has 2 N–H and O–H groups in total. The lowest BCUT2D eigenvalue weighted by molar-refractivity contribution is -0.0191. The smallest absolute Gasteiger partial charge is 0.285 e. The Labute approximate surface area is 112 Å². The Morgan fingerprint density at radius 1 is 1.11 bits per heavy atom. The second kappa shape index (κ2) is 5.97. The summed E-state index contributed by atoms with van der Waals surface area (Å²) in [4.78, 5) is 0. The van der Waals surface area contributed by atoms with Gasteiger partial charge in [-0.2, -0.15) is 8.78 Å². The van der Waals surface area contributed by atoms with Gasteiger partial charge >= 0.3 is 0 Å².